The first-order chi connectivity index (χ1) is 10.8. The summed E-state index contributed by atoms with van der Waals surface area (Å²) in [6, 6.07) is 15.4. The Balaban J connectivity index is 2.42. The Bertz CT molecular complexity index is 818. The minimum absolute atomic E-state index is 0.0740. The van der Waals surface area contributed by atoms with E-state index < -0.39 is 26.7 Å². The zero-order chi connectivity index (χ0) is 17.1. The summed E-state index contributed by atoms with van der Waals surface area (Å²) >= 11 is 0. The third kappa shape index (κ3) is 3.46. The fourth-order valence-electron chi connectivity index (χ4n) is 1.90. The quantitative estimate of drug-likeness (QED) is 0.663. The van der Waals surface area contributed by atoms with Gasteiger partial charge in [0, 0.05) is 5.56 Å². The van der Waals surface area contributed by atoms with Crippen LogP contribution in [0.5, 0.6) is 0 Å². The van der Waals surface area contributed by atoms with Crippen LogP contribution in [0.15, 0.2) is 60.7 Å². The lowest BCUT2D eigenvalue weighted by Crippen LogP contribution is -2.51. The molecule has 1 atom stereocenters. The number of hydrogen-bond acceptors (Lipinski definition) is 5. The highest BCUT2D eigenvalue weighted by atomic mass is 32.2. The number of carbonyl (C=O) groups is 2. The van der Waals surface area contributed by atoms with Crippen molar-refractivity contribution in [3.8, 4) is 0 Å². The lowest BCUT2D eigenvalue weighted by Gasteiger charge is -2.25. The van der Waals surface area contributed by atoms with Crippen LogP contribution in [0.4, 0.5) is 0 Å². The molecule has 0 saturated heterocycles. The van der Waals surface area contributed by atoms with Crippen LogP contribution in [-0.4, -0.2) is 25.1 Å². The van der Waals surface area contributed by atoms with Gasteiger partial charge in [0.15, 0.2) is 0 Å². The van der Waals surface area contributed by atoms with Gasteiger partial charge in [0.2, 0.25) is 5.78 Å². The molecule has 0 amide bonds. The lowest BCUT2D eigenvalue weighted by molar-refractivity contribution is 0.0215. The monoisotopic (exact) mass is 333 g/mol. The van der Waals surface area contributed by atoms with Crippen LogP contribution in [0.3, 0.4) is 0 Å². The Morgan fingerprint density at radius 1 is 0.913 bits per heavy atom. The summed E-state index contributed by atoms with van der Waals surface area (Å²) in [6.07, 6.45) is 0. The number of ether oxygens (including phenoxy) is 1. The molecule has 0 aliphatic rings. The second kappa shape index (κ2) is 6.31. The molecular formula is C16H15NO5S. The number of carbonyl (C=O) groups excluding carboxylic acids is 2. The smallest absolute Gasteiger partial charge is 0.340 e. The van der Waals surface area contributed by atoms with Crippen LogP contribution in [0, 0.1) is 0 Å². The van der Waals surface area contributed by atoms with Crippen molar-refractivity contribution in [1.29, 1.82) is 0 Å². The molecule has 0 spiro atoms. The zero-order valence-corrected chi connectivity index (χ0v) is 13.1. The van der Waals surface area contributed by atoms with Gasteiger partial charge in [-0.1, -0.05) is 48.5 Å². The molecule has 0 saturated carbocycles. The summed E-state index contributed by atoms with van der Waals surface area (Å²) in [6.45, 7) is 0.971. The summed E-state index contributed by atoms with van der Waals surface area (Å²) in [5, 5.41) is 5.15. The van der Waals surface area contributed by atoms with Gasteiger partial charge in [-0.25, -0.2) is 18.4 Å². The van der Waals surface area contributed by atoms with Crippen LogP contribution in [0.25, 0.3) is 0 Å². The fourth-order valence-corrected chi connectivity index (χ4v) is 2.46. The molecule has 23 heavy (non-hydrogen) atoms. The summed E-state index contributed by atoms with van der Waals surface area (Å²) in [5.74, 6) is -1.86. The molecule has 7 heteroatoms. The van der Waals surface area contributed by atoms with Crippen LogP contribution >= 0.6 is 0 Å². The van der Waals surface area contributed by atoms with Crippen molar-refractivity contribution in [3.63, 3.8) is 0 Å². The first kappa shape index (κ1) is 16.9. The van der Waals surface area contributed by atoms with E-state index >= 15 is 0 Å². The first-order valence-corrected chi connectivity index (χ1v) is 8.21. The molecule has 120 valence electrons. The number of Topliss-reactive ketones (excluding diaryl/α,β-unsaturated/α-hetero) is 1. The molecule has 0 radical (unpaired) electrons. The SMILES string of the molecule is CC(OC(=O)c1ccccc1)(C(=O)c1ccccc1)S(N)(=O)=O. The molecule has 2 N–H and O–H groups in total. The Hall–Kier alpha value is -2.51. The largest absolute Gasteiger partial charge is 0.430 e. The standard InChI is InChI=1S/C16H15NO5S/c1-16(23(17,20)21,14(18)12-8-4-2-5-9-12)22-15(19)13-10-6-3-7-11-13/h2-11H,1H3,(H2,17,20,21). The second-order valence-electron chi connectivity index (χ2n) is 4.94. The van der Waals surface area contributed by atoms with E-state index in [4.69, 9.17) is 9.88 Å². The number of rotatable bonds is 5. The first-order valence-electron chi connectivity index (χ1n) is 6.66. The molecular weight excluding hydrogens is 318 g/mol. The van der Waals surface area contributed by atoms with Gasteiger partial charge in [0.25, 0.3) is 15.0 Å². The minimum atomic E-state index is -4.51. The summed E-state index contributed by atoms with van der Waals surface area (Å²) in [4.78, 5) is 22.2. The number of sulfonamides is 1. The van der Waals surface area contributed by atoms with E-state index in [-0.39, 0.29) is 11.1 Å². The predicted octanol–water partition coefficient (Wildman–Crippen LogP) is 1.73. The Labute approximate surface area is 133 Å². The number of ketones is 1. The van der Waals surface area contributed by atoms with E-state index in [1.165, 1.54) is 24.3 Å². The number of primary sulfonamides is 1. The van der Waals surface area contributed by atoms with Gasteiger partial charge in [-0.3, -0.25) is 4.79 Å². The summed E-state index contributed by atoms with van der Waals surface area (Å²) < 4.78 is 28.8. The van der Waals surface area contributed by atoms with Crippen molar-refractivity contribution in [3.05, 3.63) is 71.8 Å². The number of benzene rings is 2. The summed E-state index contributed by atoms with van der Waals surface area (Å²) in [5.41, 5.74) is 0.188. The van der Waals surface area contributed by atoms with Crippen LogP contribution in [0.1, 0.15) is 27.6 Å². The van der Waals surface area contributed by atoms with Gasteiger partial charge in [0.05, 0.1) is 5.56 Å². The Morgan fingerprint density at radius 3 is 1.78 bits per heavy atom. The second-order valence-corrected chi connectivity index (χ2v) is 6.81. The van der Waals surface area contributed by atoms with Crippen molar-refractivity contribution < 1.29 is 22.7 Å². The molecule has 1 unspecified atom stereocenters. The summed E-state index contributed by atoms with van der Waals surface area (Å²) in [7, 11) is -4.51. The van der Waals surface area contributed by atoms with Gasteiger partial charge in [-0.05, 0) is 19.1 Å². The molecule has 2 aromatic carbocycles. The molecule has 0 aliphatic heterocycles. The van der Waals surface area contributed by atoms with E-state index in [9.17, 15) is 18.0 Å². The highest BCUT2D eigenvalue weighted by Crippen LogP contribution is 2.24. The average molecular weight is 333 g/mol. The predicted molar refractivity (Wildman–Crippen MR) is 84.1 cm³/mol. The lowest BCUT2D eigenvalue weighted by atomic mass is 10.1. The highest BCUT2D eigenvalue weighted by molar-refractivity contribution is 7.91. The Morgan fingerprint density at radius 2 is 1.35 bits per heavy atom. The van der Waals surface area contributed by atoms with Gasteiger partial charge >= 0.3 is 5.97 Å². The number of nitrogens with two attached hydrogens (primary N) is 1. The van der Waals surface area contributed by atoms with Crippen LogP contribution in [0.2, 0.25) is 0 Å². The molecule has 0 aromatic heterocycles. The highest BCUT2D eigenvalue weighted by Gasteiger charge is 2.48. The van der Waals surface area contributed by atoms with Crippen molar-refractivity contribution in [2.24, 2.45) is 5.14 Å². The number of hydrogen-bond donors (Lipinski definition) is 1. The third-order valence-electron chi connectivity index (χ3n) is 3.29. The van der Waals surface area contributed by atoms with Crippen LogP contribution in [-0.2, 0) is 14.8 Å². The topological polar surface area (TPSA) is 104 Å². The van der Waals surface area contributed by atoms with E-state index in [2.05, 4.69) is 0 Å². The van der Waals surface area contributed by atoms with E-state index in [1.54, 1.807) is 36.4 Å². The molecule has 0 aliphatic carbocycles. The van der Waals surface area contributed by atoms with Crippen molar-refractivity contribution in [2.45, 2.75) is 11.9 Å². The van der Waals surface area contributed by atoms with Gasteiger partial charge < -0.3 is 4.74 Å². The average Bonchev–Trinajstić information content (AvgIpc) is 2.54. The van der Waals surface area contributed by atoms with Crippen LogP contribution < -0.4 is 5.14 Å². The normalized spacial score (nSPS) is 13.8. The molecule has 2 rings (SSSR count). The molecule has 6 nitrogen and oxygen atoms in total. The molecule has 0 bridgehead atoms. The fraction of sp³-hybridized carbons (Fsp3) is 0.125. The third-order valence-corrected chi connectivity index (χ3v) is 4.64. The number of esters is 1. The van der Waals surface area contributed by atoms with Gasteiger partial charge in [-0.15, -0.1) is 0 Å². The van der Waals surface area contributed by atoms with Crippen molar-refractivity contribution in [1.82, 2.24) is 0 Å². The maximum atomic E-state index is 12.5. The van der Waals surface area contributed by atoms with E-state index in [0.29, 0.717) is 0 Å². The van der Waals surface area contributed by atoms with E-state index in [1.807, 2.05) is 0 Å². The molecule has 0 heterocycles. The molecule has 2 aromatic rings. The maximum absolute atomic E-state index is 12.5. The maximum Gasteiger partial charge on any atom is 0.340 e. The Kier molecular flexibility index (Phi) is 4.63. The van der Waals surface area contributed by atoms with Crippen molar-refractivity contribution in [2.75, 3.05) is 0 Å². The van der Waals surface area contributed by atoms with Crippen molar-refractivity contribution >= 4 is 21.8 Å². The van der Waals surface area contributed by atoms with Gasteiger partial charge in [0.1, 0.15) is 0 Å². The van der Waals surface area contributed by atoms with E-state index in [0.717, 1.165) is 6.92 Å². The molecule has 0 fully saturated rings. The minimum Gasteiger partial charge on any atom is -0.430 e. The van der Waals surface area contributed by atoms with Gasteiger partial charge in [-0.2, -0.15) is 0 Å². The zero-order valence-electron chi connectivity index (χ0n) is 12.3.